The SMILES string of the molecule is CCCCCNC(=O)C(Cc1ccc(OC(COO)COO)cc1)NC(=O)C(Cc1ccc(OC(C)(C)C)cc1)NC(=O)OC(C)(C)C. The molecular formula is C35H53N3O10. The summed E-state index contributed by atoms with van der Waals surface area (Å²) < 4.78 is 17.0. The predicted octanol–water partition coefficient (Wildman–Crippen LogP) is 5.06. The molecule has 0 fully saturated rings. The molecule has 0 bridgehead atoms. The van der Waals surface area contributed by atoms with Crippen molar-refractivity contribution in [3.8, 4) is 11.5 Å². The molecule has 3 amide bonds. The van der Waals surface area contributed by atoms with Gasteiger partial charge < -0.3 is 30.2 Å². The maximum atomic E-state index is 13.8. The summed E-state index contributed by atoms with van der Waals surface area (Å²) in [6.45, 7) is 13.1. The normalized spacial score (nSPS) is 13.0. The maximum absolute atomic E-state index is 13.8. The van der Waals surface area contributed by atoms with Crippen molar-refractivity contribution in [3.05, 3.63) is 59.7 Å². The van der Waals surface area contributed by atoms with Crippen molar-refractivity contribution in [2.24, 2.45) is 0 Å². The van der Waals surface area contributed by atoms with Crippen molar-refractivity contribution in [1.29, 1.82) is 0 Å². The molecule has 2 unspecified atom stereocenters. The minimum absolute atomic E-state index is 0.133. The molecule has 13 nitrogen and oxygen atoms in total. The van der Waals surface area contributed by atoms with Crippen LogP contribution in [0, 0.1) is 0 Å². The first-order valence-corrected chi connectivity index (χ1v) is 16.3. The van der Waals surface area contributed by atoms with E-state index in [-0.39, 0.29) is 37.6 Å². The van der Waals surface area contributed by atoms with E-state index in [0.29, 0.717) is 18.0 Å². The van der Waals surface area contributed by atoms with Crippen molar-refractivity contribution < 1.29 is 48.9 Å². The fourth-order valence-corrected chi connectivity index (χ4v) is 4.55. The Morgan fingerprint density at radius 3 is 1.71 bits per heavy atom. The zero-order valence-corrected chi connectivity index (χ0v) is 29.2. The first-order chi connectivity index (χ1) is 22.6. The van der Waals surface area contributed by atoms with E-state index in [2.05, 4.69) is 32.6 Å². The number of carbonyl (C=O) groups is 3. The standard InChI is InChI=1S/C35H53N3O10/c1-8-9-10-19-36-31(39)29(20-24-11-15-26(16-12-24)46-28(22-44-42)23-45-43)37-32(40)30(38-33(41)48-35(5,6)7)21-25-13-17-27(18-14-25)47-34(2,3)4/h11-18,28-30,42-43H,8-10,19-23H2,1-7H3,(H,36,39)(H,37,40)(H,38,41). The minimum atomic E-state index is -1.06. The van der Waals surface area contributed by atoms with E-state index >= 15 is 0 Å². The van der Waals surface area contributed by atoms with Crippen LogP contribution < -0.4 is 25.4 Å². The zero-order chi connectivity index (χ0) is 35.7. The summed E-state index contributed by atoms with van der Waals surface area (Å²) in [4.78, 5) is 48.2. The molecule has 0 heterocycles. The molecule has 48 heavy (non-hydrogen) atoms. The predicted molar refractivity (Wildman–Crippen MR) is 180 cm³/mol. The Morgan fingerprint density at radius 2 is 1.23 bits per heavy atom. The number of alkyl carbamates (subject to hydrolysis) is 1. The zero-order valence-electron chi connectivity index (χ0n) is 29.2. The topological polar surface area (TPSA) is 174 Å². The summed E-state index contributed by atoms with van der Waals surface area (Å²) in [7, 11) is 0. The third-order valence-electron chi connectivity index (χ3n) is 6.69. The monoisotopic (exact) mass is 675 g/mol. The molecule has 0 aliphatic carbocycles. The van der Waals surface area contributed by atoms with Gasteiger partial charge in [-0.1, -0.05) is 44.0 Å². The van der Waals surface area contributed by atoms with Gasteiger partial charge in [0.25, 0.3) is 0 Å². The van der Waals surface area contributed by atoms with Gasteiger partial charge in [-0.05, 0) is 83.4 Å². The first kappa shape index (κ1) is 40.3. The lowest BCUT2D eigenvalue weighted by Crippen LogP contribution is -2.55. The molecule has 5 N–H and O–H groups in total. The van der Waals surface area contributed by atoms with Crippen molar-refractivity contribution in [2.45, 2.75) is 110 Å². The van der Waals surface area contributed by atoms with E-state index in [1.807, 2.05) is 32.9 Å². The number of nitrogens with one attached hydrogen (secondary N) is 3. The Balaban J connectivity index is 2.29. The van der Waals surface area contributed by atoms with Crippen LogP contribution in [0.4, 0.5) is 4.79 Å². The highest BCUT2D eigenvalue weighted by Gasteiger charge is 2.29. The molecule has 2 rings (SSSR count). The number of hydrogen-bond acceptors (Lipinski definition) is 10. The summed E-state index contributed by atoms with van der Waals surface area (Å²) in [5.74, 6) is 0.158. The summed E-state index contributed by atoms with van der Waals surface area (Å²) in [5.41, 5.74) is 0.314. The number of carbonyl (C=O) groups excluding carboxylic acids is 3. The molecule has 2 aromatic rings. The van der Waals surface area contributed by atoms with Gasteiger partial charge in [0.2, 0.25) is 11.8 Å². The van der Waals surface area contributed by atoms with Crippen molar-refractivity contribution >= 4 is 17.9 Å². The molecule has 0 saturated carbocycles. The van der Waals surface area contributed by atoms with Crippen LogP contribution in [-0.4, -0.2) is 77.6 Å². The summed E-state index contributed by atoms with van der Waals surface area (Å²) in [6, 6.07) is 12.0. The average Bonchev–Trinajstić information content (AvgIpc) is 2.99. The summed E-state index contributed by atoms with van der Waals surface area (Å²) >= 11 is 0. The van der Waals surface area contributed by atoms with Gasteiger partial charge in [-0.3, -0.25) is 20.1 Å². The molecule has 0 saturated heterocycles. The quantitative estimate of drug-likeness (QED) is 0.0769. The van der Waals surface area contributed by atoms with E-state index in [9.17, 15) is 14.4 Å². The van der Waals surface area contributed by atoms with Crippen LogP contribution in [0.5, 0.6) is 11.5 Å². The molecule has 0 aromatic heterocycles. The van der Waals surface area contributed by atoms with E-state index < -0.39 is 35.8 Å². The highest BCUT2D eigenvalue weighted by molar-refractivity contribution is 5.91. The third-order valence-corrected chi connectivity index (χ3v) is 6.69. The molecule has 0 radical (unpaired) electrons. The van der Waals surface area contributed by atoms with E-state index in [0.717, 1.165) is 30.4 Å². The Kier molecular flexibility index (Phi) is 16.6. The molecule has 13 heteroatoms. The number of hydrogen-bond donors (Lipinski definition) is 5. The molecule has 0 spiro atoms. The Labute approximate surface area is 283 Å². The van der Waals surface area contributed by atoms with Crippen molar-refractivity contribution in [2.75, 3.05) is 19.8 Å². The smallest absolute Gasteiger partial charge is 0.408 e. The molecule has 0 aliphatic rings. The number of unbranched alkanes of at least 4 members (excludes halogenated alkanes) is 2. The van der Waals surface area contributed by atoms with E-state index in [1.54, 1.807) is 57.2 Å². The molecular weight excluding hydrogens is 622 g/mol. The van der Waals surface area contributed by atoms with Gasteiger partial charge in [-0.15, -0.1) is 0 Å². The summed E-state index contributed by atoms with van der Waals surface area (Å²) in [5, 5.41) is 25.9. The molecule has 268 valence electrons. The third kappa shape index (κ3) is 16.3. The highest BCUT2D eigenvalue weighted by atomic mass is 17.1. The Hall–Kier alpha value is -3.91. The van der Waals surface area contributed by atoms with E-state index in [4.69, 9.17) is 24.7 Å². The second-order valence-corrected chi connectivity index (χ2v) is 13.5. The second-order valence-electron chi connectivity index (χ2n) is 13.5. The van der Waals surface area contributed by atoms with Crippen molar-refractivity contribution in [1.82, 2.24) is 16.0 Å². The number of benzene rings is 2. The van der Waals surface area contributed by atoms with Gasteiger partial charge in [0, 0.05) is 19.4 Å². The van der Waals surface area contributed by atoms with Gasteiger partial charge in [0.05, 0.1) is 0 Å². The fourth-order valence-electron chi connectivity index (χ4n) is 4.55. The molecule has 0 aliphatic heterocycles. The largest absolute Gasteiger partial charge is 0.488 e. The second kappa shape index (κ2) is 19.8. The van der Waals surface area contributed by atoms with Gasteiger partial charge in [-0.25, -0.2) is 14.6 Å². The number of ether oxygens (including phenoxy) is 3. The van der Waals surface area contributed by atoms with Gasteiger partial charge in [-0.2, -0.15) is 0 Å². The van der Waals surface area contributed by atoms with Crippen LogP contribution in [0.15, 0.2) is 48.5 Å². The van der Waals surface area contributed by atoms with Crippen LogP contribution in [0.3, 0.4) is 0 Å². The number of rotatable bonds is 19. The lowest BCUT2D eigenvalue weighted by molar-refractivity contribution is -0.286. The Morgan fingerprint density at radius 1 is 0.708 bits per heavy atom. The summed E-state index contributed by atoms with van der Waals surface area (Å²) in [6.07, 6.45) is 1.47. The maximum Gasteiger partial charge on any atom is 0.408 e. The lowest BCUT2D eigenvalue weighted by Gasteiger charge is -2.26. The molecule has 2 atom stereocenters. The van der Waals surface area contributed by atoms with Crippen LogP contribution in [-0.2, 0) is 36.9 Å². The van der Waals surface area contributed by atoms with Crippen LogP contribution in [0.2, 0.25) is 0 Å². The van der Waals surface area contributed by atoms with Gasteiger partial charge in [0.1, 0.15) is 48.0 Å². The van der Waals surface area contributed by atoms with Gasteiger partial charge >= 0.3 is 6.09 Å². The minimum Gasteiger partial charge on any atom is -0.488 e. The van der Waals surface area contributed by atoms with Crippen molar-refractivity contribution in [3.63, 3.8) is 0 Å². The average molecular weight is 676 g/mol. The number of amides is 3. The van der Waals surface area contributed by atoms with E-state index in [1.165, 1.54) is 0 Å². The van der Waals surface area contributed by atoms with Crippen LogP contribution >= 0.6 is 0 Å². The van der Waals surface area contributed by atoms with Gasteiger partial charge in [0.15, 0.2) is 6.10 Å². The lowest BCUT2D eigenvalue weighted by atomic mass is 10.0. The highest BCUT2D eigenvalue weighted by Crippen LogP contribution is 2.20. The fraction of sp³-hybridized carbons (Fsp3) is 0.571. The van der Waals surface area contributed by atoms with Crippen LogP contribution in [0.25, 0.3) is 0 Å². The molecule has 2 aromatic carbocycles. The Bertz CT molecular complexity index is 1250. The first-order valence-electron chi connectivity index (χ1n) is 16.3. The van der Waals surface area contributed by atoms with Crippen LogP contribution in [0.1, 0.15) is 78.9 Å².